The number of hydrogen-bond donors (Lipinski definition) is 2. The van der Waals surface area contributed by atoms with Crippen molar-refractivity contribution >= 4 is 35.9 Å². The molecule has 1 aliphatic rings. The summed E-state index contributed by atoms with van der Waals surface area (Å²) < 4.78 is 16.3. The Morgan fingerprint density at radius 1 is 1.21 bits per heavy atom. The first-order valence-corrected chi connectivity index (χ1v) is 9.27. The third-order valence-electron chi connectivity index (χ3n) is 4.47. The fraction of sp³-hybridized carbons (Fsp3) is 0.158. The minimum Gasteiger partial charge on any atom is -0.481 e. The lowest BCUT2D eigenvalue weighted by atomic mass is 10.00. The predicted octanol–water partition coefficient (Wildman–Crippen LogP) is 4.11. The van der Waals surface area contributed by atoms with Gasteiger partial charge < -0.3 is 5.11 Å². The number of benzene rings is 2. The molecule has 6 nitrogen and oxygen atoms in total. The Hall–Kier alpha value is -2.71. The summed E-state index contributed by atoms with van der Waals surface area (Å²) in [6.45, 7) is 0. The molecule has 0 saturated carbocycles. The Kier molecular flexibility index (Phi) is 4.91. The normalized spacial score (nSPS) is 15.4. The highest BCUT2D eigenvalue weighted by Crippen LogP contribution is 2.35. The summed E-state index contributed by atoms with van der Waals surface area (Å²) in [6.07, 6.45) is 0.0610. The molecular formula is C19H14ClFN4O2S. The number of halogens is 2. The smallest absolute Gasteiger partial charge is 0.303 e. The quantitative estimate of drug-likeness (QED) is 0.627. The number of hydrogen-bond acceptors (Lipinski definition) is 5. The Morgan fingerprint density at radius 2 is 2.00 bits per heavy atom. The number of nitrogens with zero attached hydrogens (tertiary/aromatic N) is 4. The molecule has 4 rings (SSSR count). The molecular weight excluding hydrogens is 403 g/mol. The average molecular weight is 417 g/mol. The van der Waals surface area contributed by atoms with Crippen molar-refractivity contribution in [1.29, 1.82) is 0 Å². The van der Waals surface area contributed by atoms with Gasteiger partial charge in [0.25, 0.3) is 0 Å². The van der Waals surface area contributed by atoms with Crippen molar-refractivity contribution in [1.82, 2.24) is 14.8 Å². The number of fused-ring (bicyclic) bond motifs is 3. The maximum Gasteiger partial charge on any atom is 0.303 e. The van der Waals surface area contributed by atoms with Gasteiger partial charge in [-0.3, -0.25) is 14.4 Å². The maximum atomic E-state index is 14.6. The number of aliphatic imine (C=N–C) groups is 1. The standard InChI is InChI=1S/C19H14ClFN4O2S/c20-10-5-7-15-12(9-10)17(11-3-1-2-4-13(11)21)22-14(6-8-16(26)27)18-23-24-19(28)25(15)18/h1-5,7,9,14H,6,8H2,(H,24,28)(H,26,27)/t14-/m0/s1. The Balaban J connectivity index is 2.00. The lowest BCUT2D eigenvalue weighted by Crippen LogP contribution is -2.09. The van der Waals surface area contributed by atoms with Gasteiger partial charge in [-0.25, -0.2) is 4.39 Å². The molecule has 2 heterocycles. The molecule has 0 saturated heterocycles. The van der Waals surface area contributed by atoms with E-state index in [1.807, 2.05) is 0 Å². The number of carboxylic acid groups (broad SMARTS) is 1. The zero-order valence-electron chi connectivity index (χ0n) is 14.4. The second-order valence-corrected chi connectivity index (χ2v) is 7.10. The zero-order valence-corrected chi connectivity index (χ0v) is 16.0. The van der Waals surface area contributed by atoms with Crippen LogP contribution in [0.2, 0.25) is 5.02 Å². The maximum absolute atomic E-state index is 14.6. The van der Waals surface area contributed by atoms with Crippen LogP contribution in [-0.2, 0) is 4.79 Å². The topological polar surface area (TPSA) is 80.4 Å². The summed E-state index contributed by atoms with van der Waals surface area (Å²) in [4.78, 5) is 15.8. The first-order chi connectivity index (χ1) is 13.5. The Labute approximate surface area is 170 Å². The predicted molar refractivity (Wildman–Crippen MR) is 105 cm³/mol. The highest BCUT2D eigenvalue weighted by Gasteiger charge is 2.29. The lowest BCUT2D eigenvalue weighted by Gasteiger charge is -2.13. The van der Waals surface area contributed by atoms with Crippen LogP contribution in [0.25, 0.3) is 5.69 Å². The van der Waals surface area contributed by atoms with Gasteiger partial charge in [-0.15, -0.1) is 22.8 Å². The van der Waals surface area contributed by atoms with Crippen molar-refractivity contribution in [2.45, 2.75) is 24.0 Å². The molecule has 0 amide bonds. The van der Waals surface area contributed by atoms with Gasteiger partial charge in [0.15, 0.2) is 11.0 Å². The van der Waals surface area contributed by atoms with Crippen molar-refractivity contribution in [2.75, 3.05) is 0 Å². The molecule has 28 heavy (non-hydrogen) atoms. The Morgan fingerprint density at radius 3 is 2.75 bits per heavy atom. The van der Waals surface area contributed by atoms with Crippen molar-refractivity contribution in [3.8, 4) is 5.69 Å². The number of aliphatic carboxylic acids is 1. The van der Waals surface area contributed by atoms with Gasteiger partial charge in [0, 0.05) is 22.6 Å². The van der Waals surface area contributed by atoms with Gasteiger partial charge >= 0.3 is 5.97 Å². The van der Waals surface area contributed by atoms with E-state index in [0.29, 0.717) is 38.5 Å². The van der Waals surface area contributed by atoms with Crippen LogP contribution in [0.1, 0.15) is 35.8 Å². The van der Waals surface area contributed by atoms with Gasteiger partial charge in [-0.2, -0.15) is 0 Å². The van der Waals surface area contributed by atoms with Crippen LogP contribution in [0.5, 0.6) is 0 Å². The molecule has 0 fully saturated rings. The van der Waals surface area contributed by atoms with E-state index in [0.717, 1.165) is 0 Å². The summed E-state index contributed by atoms with van der Waals surface area (Å²) in [5, 5.41) is 18.1. The first-order valence-electron chi connectivity index (χ1n) is 8.45. The molecule has 142 valence electrons. The summed E-state index contributed by atoms with van der Waals surface area (Å²) >= 11 is 10.6. The number of rotatable bonds is 4. The van der Waals surface area contributed by atoms with Crippen LogP contribution in [0.3, 0.4) is 0 Å². The third-order valence-corrected chi connectivity index (χ3v) is 4.99. The minimum atomic E-state index is -0.954. The van der Waals surface area contributed by atoms with E-state index in [9.17, 15) is 9.18 Å². The lowest BCUT2D eigenvalue weighted by molar-refractivity contribution is -0.137. The largest absolute Gasteiger partial charge is 0.481 e. The van der Waals surface area contributed by atoms with E-state index < -0.39 is 17.8 Å². The summed E-state index contributed by atoms with van der Waals surface area (Å²) in [7, 11) is 0. The Bertz CT molecular complexity index is 1120. The fourth-order valence-electron chi connectivity index (χ4n) is 3.23. The fourth-order valence-corrected chi connectivity index (χ4v) is 3.66. The van der Waals surface area contributed by atoms with Crippen molar-refractivity contribution in [3.63, 3.8) is 0 Å². The summed E-state index contributed by atoms with van der Waals surface area (Å²) in [5.74, 6) is -0.946. The van der Waals surface area contributed by atoms with E-state index in [4.69, 9.17) is 21.7 Å². The summed E-state index contributed by atoms with van der Waals surface area (Å²) in [5.41, 5.74) is 1.91. The van der Waals surface area contributed by atoms with Crippen LogP contribution in [0.15, 0.2) is 52.6 Å². The molecule has 0 spiro atoms. The highest BCUT2D eigenvalue weighted by molar-refractivity contribution is 7.80. The van der Waals surface area contributed by atoms with Crippen LogP contribution in [0.4, 0.5) is 4.39 Å². The van der Waals surface area contributed by atoms with E-state index in [2.05, 4.69) is 22.8 Å². The second kappa shape index (κ2) is 7.37. The molecule has 2 aromatic carbocycles. The molecule has 1 atom stereocenters. The van der Waals surface area contributed by atoms with Crippen LogP contribution >= 0.6 is 24.2 Å². The van der Waals surface area contributed by atoms with Gasteiger partial charge in [-0.1, -0.05) is 23.7 Å². The molecule has 1 aromatic heterocycles. The van der Waals surface area contributed by atoms with Gasteiger partial charge in [0.1, 0.15) is 11.9 Å². The monoisotopic (exact) mass is 416 g/mol. The van der Waals surface area contributed by atoms with E-state index in [1.165, 1.54) is 6.07 Å². The first kappa shape index (κ1) is 18.6. The number of carbonyl (C=O) groups is 1. The van der Waals surface area contributed by atoms with Gasteiger partial charge in [0.05, 0.1) is 11.4 Å². The van der Waals surface area contributed by atoms with E-state index in [1.54, 1.807) is 41.0 Å². The molecule has 9 heteroatoms. The SMILES string of the molecule is O=C(O)CC[C@@H]1N=C(c2ccccc2F)c2cc(Cl)ccc2-n2c(S)nnc21. The second-order valence-electron chi connectivity index (χ2n) is 6.26. The average Bonchev–Trinajstić information content (AvgIpc) is 2.97. The van der Waals surface area contributed by atoms with Crippen molar-refractivity contribution < 1.29 is 14.3 Å². The van der Waals surface area contributed by atoms with Crippen molar-refractivity contribution in [2.24, 2.45) is 4.99 Å². The van der Waals surface area contributed by atoms with Crippen LogP contribution in [-0.4, -0.2) is 31.6 Å². The number of thiol groups is 1. The minimum absolute atomic E-state index is 0.120. The van der Waals surface area contributed by atoms with Crippen LogP contribution < -0.4 is 0 Å². The molecule has 3 aromatic rings. The van der Waals surface area contributed by atoms with E-state index >= 15 is 0 Å². The highest BCUT2D eigenvalue weighted by atomic mass is 35.5. The number of aromatic nitrogens is 3. The molecule has 0 aliphatic carbocycles. The molecule has 0 radical (unpaired) electrons. The van der Waals surface area contributed by atoms with E-state index in [-0.39, 0.29) is 12.8 Å². The van der Waals surface area contributed by atoms with Gasteiger partial charge in [-0.05, 0) is 36.8 Å². The summed E-state index contributed by atoms with van der Waals surface area (Å²) in [6, 6.07) is 10.8. The molecule has 0 bridgehead atoms. The molecule has 1 N–H and O–H groups in total. The molecule has 0 unspecified atom stereocenters. The van der Waals surface area contributed by atoms with Crippen molar-refractivity contribution in [3.05, 3.63) is 70.3 Å². The number of carboxylic acids is 1. The van der Waals surface area contributed by atoms with Gasteiger partial charge in [0.2, 0.25) is 0 Å². The zero-order chi connectivity index (χ0) is 19.8. The van der Waals surface area contributed by atoms with Crippen LogP contribution in [0, 0.1) is 5.82 Å². The third kappa shape index (κ3) is 3.29. The molecule has 1 aliphatic heterocycles.